The highest BCUT2D eigenvalue weighted by molar-refractivity contribution is 7.66. The third-order valence-electron chi connectivity index (χ3n) is 4.30. The number of ether oxygens (including phenoxy) is 5. The molecule has 0 fully saturated rings. The van der Waals surface area contributed by atoms with Crippen LogP contribution in [0.1, 0.15) is 38.1 Å². The summed E-state index contributed by atoms with van der Waals surface area (Å²) in [6.07, 6.45) is 0. The van der Waals surface area contributed by atoms with Crippen LogP contribution in [0.15, 0.2) is 30.3 Å². The van der Waals surface area contributed by atoms with Gasteiger partial charge in [0, 0.05) is 23.5 Å². The molecule has 0 amide bonds. The van der Waals surface area contributed by atoms with Gasteiger partial charge in [-0.05, 0) is 32.5 Å². The maximum Gasteiger partial charge on any atom is 0.193 e. The highest BCUT2D eigenvalue weighted by Gasteiger charge is 2.22. The molecule has 7 heteroatoms. The van der Waals surface area contributed by atoms with E-state index in [0.717, 1.165) is 11.1 Å². The van der Waals surface area contributed by atoms with Gasteiger partial charge in [0.25, 0.3) is 0 Å². The Kier molecular flexibility index (Phi) is 9.44. The van der Waals surface area contributed by atoms with Crippen molar-refractivity contribution in [1.29, 1.82) is 0 Å². The van der Waals surface area contributed by atoms with Crippen molar-refractivity contribution in [3.05, 3.63) is 35.9 Å². The fourth-order valence-corrected chi connectivity index (χ4v) is 3.80. The number of benzene rings is 2. The highest BCUT2D eigenvalue weighted by Crippen LogP contribution is 2.39. The van der Waals surface area contributed by atoms with Crippen LogP contribution in [0.4, 0.5) is 0 Å². The predicted molar refractivity (Wildman–Crippen MR) is 125 cm³/mol. The van der Waals surface area contributed by atoms with Crippen LogP contribution in [0.25, 0.3) is 0 Å². The quantitative estimate of drug-likeness (QED) is 0.429. The Balaban J connectivity index is 2.36. The second kappa shape index (κ2) is 11.8. The van der Waals surface area contributed by atoms with E-state index in [0.29, 0.717) is 53.6 Å². The van der Waals surface area contributed by atoms with Gasteiger partial charge in [-0.3, -0.25) is 4.79 Å². The molecule has 0 saturated carbocycles. The average molecular weight is 448 g/mol. The highest BCUT2D eigenvalue weighted by atomic mass is 31.1. The summed E-state index contributed by atoms with van der Waals surface area (Å²) in [5.74, 6) is 3.54. The minimum atomic E-state index is -0.172. The summed E-state index contributed by atoms with van der Waals surface area (Å²) < 4.78 is 28.0. The van der Waals surface area contributed by atoms with E-state index in [-0.39, 0.29) is 14.1 Å². The van der Waals surface area contributed by atoms with E-state index in [1.165, 1.54) is 14.2 Å². The molecule has 0 spiro atoms. The van der Waals surface area contributed by atoms with Crippen LogP contribution in [0.5, 0.6) is 28.7 Å². The fourth-order valence-electron chi connectivity index (χ4n) is 2.75. The van der Waals surface area contributed by atoms with E-state index in [2.05, 4.69) is 27.7 Å². The molecule has 2 rings (SSSR count). The lowest BCUT2D eigenvalue weighted by Crippen LogP contribution is -2.13. The topological polar surface area (TPSA) is 63.2 Å². The van der Waals surface area contributed by atoms with Gasteiger partial charge in [-0.15, -0.1) is 0 Å². The van der Waals surface area contributed by atoms with Gasteiger partial charge in [0.2, 0.25) is 0 Å². The van der Waals surface area contributed by atoms with Crippen molar-refractivity contribution in [2.24, 2.45) is 11.8 Å². The van der Waals surface area contributed by atoms with Gasteiger partial charge in [0.05, 0.1) is 34.5 Å². The minimum absolute atomic E-state index is 0.110. The zero-order valence-corrected chi connectivity index (χ0v) is 20.4. The molecule has 0 aliphatic rings. The molecule has 0 aliphatic carbocycles. The van der Waals surface area contributed by atoms with Crippen LogP contribution >= 0.6 is 8.58 Å². The smallest absolute Gasteiger partial charge is 0.193 e. The number of rotatable bonds is 12. The zero-order chi connectivity index (χ0) is 23.0. The molecule has 0 radical (unpaired) electrons. The first kappa shape index (κ1) is 24.8. The lowest BCUT2D eigenvalue weighted by molar-refractivity contribution is 0.108. The molecule has 0 bridgehead atoms. The Bertz CT molecular complexity index is 853. The first-order chi connectivity index (χ1) is 14.8. The van der Waals surface area contributed by atoms with Crippen LogP contribution in [0.3, 0.4) is 0 Å². The summed E-state index contributed by atoms with van der Waals surface area (Å²) in [5.41, 5.74) is 0.278. The van der Waals surface area contributed by atoms with E-state index in [1.807, 2.05) is 18.2 Å². The zero-order valence-electron chi connectivity index (χ0n) is 19.4. The molecule has 170 valence electrons. The van der Waals surface area contributed by atoms with E-state index in [1.54, 1.807) is 19.2 Å². The van der Waals surface area contributed by atoms with Crippen LogP contribution in [0, 0.1) is 11.8 Å². The first-order valence-electron chi connectivity index (χ1n) is 10.3. The Morgan fingerprint density at radius 3 is 1.84 bits per heavy atom. The van der Waals surface area contributed by atoms with Gasteiger partial charge >= 0.3 is 0 Å². The van der Waals surface area contributed by atoms with Crippen molar-refractivity contribution in [3.63, 3.8) is 0 Å². The number of hydrogen-bond donors (Lipinski definition) is 0. The third-order valence-corrected chi connectivity index (χ3v) is 5.46. The van der Waals surface area contributed by atoms with Gasteiger partial charge in [0.1, 0.15) is 34.3 Å². The predicted octanol–water partition coefficient (Wildman–Crippen LogP) is 4.93. The molecule has 6 nitrogen and oxygen atoms in total. The van der Waals surface area contributed by atoms with Crippen molar-refractivity contribution >= 4 is 19.4 Å². The molecular weight excluding hydrogens is 415 g/mol. The lowest BCUT2D eigenvalue weighted by Gasteiger charge is -2.17. The van der Waals surface area contributed by atoms with E-state index >= 15 is 0 Å². The summed E-state index contributed by atoms with van der Waals surface area (Å²) in [7, 11) is 4.42. The molecule has 31 heavy (non-hydrogen) atoms. The van der Waals surface area contributed by atoms with E-state index in [4.69, 9.17) is 23.7 Å². The molecule has 2 aromatic rings. The molecule has 0 aliphatic heterocycles. The van der Waals surface area contributed by atoms with E-state index in [9.17, 15) is 4.79 Å². The number of carbonyl (C=O) groups is 1. The molecule has 0 heterocycles. The lowest BCUT2D eigenvalue weighted by atomic mass is 10.2. The average Bonchev–Trinajstić information content (AvgIpc) is 2.75. The van der Waals surface area contributed by atoms with Crippen molar-refractivity contribution in [3.8, 4) is 28.7 Å². The first-order valence-corrected chi connectivity index (χ1v) is 11.3. The summed E-state index contributed by atoms with van der Waals surface area (Å²) in [4.78, 5) is 13.3. The largest absolute Gasteiger partial charge is 0.496 e. The van der Waals surface area contributed by atoms with Gasteiger partial charge < -0.3 is 23.7 Å². The van der Waals surface area contributed by atoms with Gasteiger partial charge in [-0.1, -0.05) is 27.7 Å². The molecule has 0 aromatic heterocycles. The second-order valence-electron chi connectivity index (χ2n) is 7.93. The third kappa shape index (κ3) is 7.03. The molecule has 0 N–H and O–H groups in total. The van der Waals surface area contributed by atoms with Gasteiger partial charge in [-0.25, -0.2) is 0 Å². The van der Waals surface area contributed by atoms with Crippen molar-refractivity contribution < 1.29 is 28.5 Å². The summed E-state index contributed by atoms with van der Waals surface area (Å²) >= 11 is 0. The maximum absolute atomic E-state index is 13.3. The number of methoxy groups -OCH3 is 3. The standard InChI is InChI=1S/C24H33O6P/c1-15(2)13-29-17-8-9-22(19(10-17)30-14-16(3)4)31-24(25)23-20(27-6)11-18(26-5)12-21(23)28-7/h8-12,15-16,31H,13-14H2,1-7H3. The molecule has 1 atom stereocenters. The van der Waals surface area contributed by atoms with Crippen LogP contribution in [-0.4, -0.2) is 40.1 Å². The second-order valence-corrected chi connectivity index (χ2v) is 9.17. The molecule has 0 saturated heterocycles. The number of hydrogen-bond acceptors (Lipinski definition) is 6. The molecular formula is C24H33O6P. The van der Waals surface area contributed by atoms with Crippen LogP contribution in [-0.2, 0) is 0 Å². The monoisotopic (exact) mass is 448 g/mol. The van der Waals surface area contributed by atoms with Gasteiger partial charge in [0.15, 0.2) is 5.52 Å². The summed E-state index contributed by atoms with van der Waals surface area (Å²) in [6.45, 7) is 9.53. The SMILES string of the molecule is COc1cc(OC)c(C(=O)Pc2ccc(OCC(C)C)cc2OCC(C)C)c(OC)c1. The van der Waals surface area contributed by atoms with Crippen molar-refractivity contribution in [2.45, 2.75) is 27.7 Å². The summed E-state index contributed by atoms with van der Waals surface area (Å²) in [5, 5.41) is 0.808. The Labute approximate surface area is 187 Å². The van der Waals surface area contributed by atoms with E-state index < -0.39 is 0 Å². The Morgan fingerprint density at radius 1 is 0.774 bits per heavy atom. The summed E-state index contributed by atoms with van der Waals surface area (Å²) in [6, 6.07) is 8.99. The Hall–Kier alpha value is -2.46. The number of carbonyl (C=O) groups excluding carboxylic acids is 1. The Morgan fingerprint density at radius 2 is 1.32 bits per heavy atom. The van der Waals surface area contributed by atoms with Crippen LogP contribution in [0.2, 0.25) is 0 Å². The van der Waals surface area contributed by atoms with Gasteiger partial charge in [-0.2, -0.15) is 0 Å². The minimum Gasteiger partial charge on any atom is -0.496 e. The molecule has 1 unspecified atom stereocenters. The van der Waals surface area contributed by atoms with Crippen LogP contribution < -0.4 is 29.0 Å². The van der Waals surface area contributed by atoms with Crippen molar-refractivity contribution in [2.75, 3.05) is 34.5 Å². The normalized spacial score (nSPS) is 11.3. The fraction of sp³-hybridized carbons (Fsp3) is 0.458. The molecule has 2 aromatic carbocycles. The van der Waals surface area contributed by atoms with Crippen molar-refractivity contribution in [1.82, 2.24) is 0 Å². The maximum atomic E-state index is 13.3.